The number of sulfonamides is 1. The molecule has 1 aromatic heterocycles. The highest BCUT2D eigenvalue weighted by Gasteiger charge is 2.22. The Bertz CT molecular complexity index is 743. The van der Waals surface area contributed by atoms with Gasteiger partial charge in [-0.05, 0) is 18.2 Å². The minimum absolute atomic E-state index is 0.102. The molecule has 9 heteroatoms. The molecule has 108 valence electrons. The summed E-state index contributed by atoms with van der Waals surface area (Å²) in [5, 5.41) is 3.86. The molecule has 0 aliphatic rings. The fourth-order valence-electron chi connectivity index (χ4n) is 1.60. The Morgan fingerprint density at radius 3 is 2.70 bits per heavy atom. The highest BCUT2D eigenvalue weighted by molar-refractivity contribution is 7.89. The molecule has 0 bridgehead atoms. The number of hydrogen-bond donors (Lipinski definition) is 2. The molecule has 0 unspecified atom stereocenters. The summed E-state index contributed by atoms with van der Waals surface area (Å²) in [4.78, 5) is -0.822. The van der Waals surface area contributed by atoms with Crippen LogP contribution in [-0.4, -0.2) is 18.2 Å². The Balaban J connectivity index is 2.29. The van der Waals surface area contributed by atoms with Crippen LogP contribution in [0.4, 0.5) is 14.5 Å². The Morgan fingerprint density at radius 1 is 1.40 bits per heavy atom. The van der Waals surface area contributed by atoms with E-state index < -0.39 is 26.6 Å². The van der Waals surface area contributed by atoms with Gasteiger partial charge in [-0.15, -0.1) is 0 Å². The number of nitrogen functional groups attached to an aromatic ring is 1. The van der Waals surface area contributed by atoms with Gasteiger partial charge in [0.25, 0.3) is 0 Å². The van der Waals surface area contributed by atoms with Gasteiger partial charge in [0.1, 0.15) is 4.90 Å². The largest absolute Gasteiger partial charge is 0.399 e. The molecule has 20 heavy (non-hydrogen) atoms. The second kappa shape index (κ2) is 5.17. The zero-order chi connectivity index (χ0) is 14.9. The molecular weight excluding hydrogens is 290 g/mol. The third-order valence-corrected chi connectivity index (χ3v) is 4.07. The van der Waals surface area contributed by atoms with E-state index in [4.69, 9.17) is 5.73 Å². The van der Waals surface area contributed by atoms with Crippen molar-refractivity contribution in [1.82, 2.24) is 14.5 Å². The summed E-state index contributed by atoms with van der Waals surface area (Å²) in [5.74, 6) is -2.78. The minimum Gasteiger partial charge on any atom is -0.399 e. The summed E-state index contributed by atoms with van der Waals surface area (Å²) in [6.07, 6.45) is 1.49. The first-order valence-electron chi connectivity index (χ1n) is 5.52. The Labute approximate surface area is 114 Å². The van der Waals surface area contributed by atoms with Gasteiger partial charge < -0.3 is 5.73 Å². The first-order chi connectivity index (χ1) is 9.31. The van der Waals surface area contributed by atoms with Crippen molar-refractivity contribution >= 4 is 15.7 Å². The molecule has 1 heterocycles. The van der Waals surface area contributed by atoms with E-state index in [0.717, 1.165) is 12.1 Å². The van der Waals surface area contributed by atoms with Crippen LogP contribution in [0.1, 0.15) is 5.69 Å². The van der Waals surface area contributed by atoms with E-state index in [1.807, 2.05) is 0 Å². The lowest BCUT2D eigenvalue weighted by molar-refractivity contribution is 0.483. The lowest BCUT2D eigenvalue weighted by Gasteiger charge is -2.09. The second-order valence-electron chi connectivity index (χ2n) is 4.09. The molecule has 3 N–H and O–H groups in total. The molecule has 0 aliphatic heterocycles. The molecular formula is C11H12F2N4O2S. The predicted octanol–water partition coefficient (Wildman–Crippen LogP) is 0.759. The number of benzene rings is 1. The van der Waals surface area contributed by atoms with Gasteiger partial charge in [0, 0.05) is 18.9 Å². The van der Waals surface area contributed by atoms with Gasteiger partial charge in [0.05, 0.1) is 12.2 Å². The van der Waals surface area contributed by atoms with E-state index in [9.17, 15) is 17.2 Å². The number of nitrogens with two attached hydrogens (primary N) is 1. The molecule has 1 aromatic carbocycles. The maximum atomic E-state index is 13.6. The third-order valence-electron chi connectivity index (χ3n) is 2.67. The maximum Gasteiger partial charge on any atom is 0.244 e. The van der Waals surface area contributed by atoms with Crippen LogP contribution in [0.15, 0.2) is 29.3 Å². The van der Waals surface area contributed by atoms with Crippen LogP contribution in [0, 0.1) is 11.6 Å². The van der Waals surface area contributed by atoms with Crippen molar-refractivity contribution in [2.45, 2.75) is 11.4 Å². The SMILES string of the molecule is Cn1nccc1CNS(=O)(=O)c1cc(N)cc(F)c1F. The fourth-order valence-corrected chi connectivity index (χ4v) is 2.72. The highest BCUT2D eigenvalue weighted by atomic mass is 32.2. The van der Waals surface area contributed by atoms with Crippen molar-refractivity contribution in [3.63, 3.8) is 0 Å². The van der Waals surface area contributed by atoms with Crippen LogP contribution >= 0.6 is 0 Å². The van der Waals surface area contributed by atoms with Crippen molar-refractivity contribution in [3.05, 3.63) is 41.7 Å². The molecule has 2 rings (SSSR count). The zero-order valence-corrected chi connectivity index (χ0v) is 11.3. The first-order valence-corrected chi connectivity index (χ1v) is 7.00. The van der Waals surface area contributed by atoms with E-state index >= 15 is 0 Å². The standard InChI is InChI=1S/C11H12F2N4O2S/c1-17-8(2-3-15-17)6-16-20(18,19)10-5-7(14)4-9(12)11(10)13/h2-5,16H,6,14H2,1H3. The number of nitrogens with one attached hydrogen (secondary N) is 1. The van der Waals surface area contributed by atoms with Crippen LogP contribution in [0.2, 0.25) is 0 Å². The van der Waals surface area contributed by atoms with Gasteiger partial charge in [0.15, 0.2) is 11.6 Å². The maximum absolute atomic E-state index is 13.6. The van der Waals surface area contributed by atoms with E-state index in [1.165, 1.54) is 10.9 Å². The number of hydrogen-bond acceptors (Lipinski definition) is 4. The Kier molecular flexibility index (Phi) is 3.73. The van der Waals surface area contributed by atoms with Gasteiger partial charge in [-0.1, -0.05) is 0 Å². The van der Waals surface area contributed by atoms with E-state index in [2.05, 4.69) is 9.82 Å². The van der Waals surface area contributed by atoms with Gasteiger partial charge in [-0.25, -0.2) is 21.9 Å². The lowest BCUT2D eigenvalue weighted by Crippen LogP contribution is -2.25. The Morgan fingerprint density at radius 2 is 2.10 bits per heavy atom. The highest BCUT2D eigenvalue weighted by Crippen LogP contribution is 2.21. The summed E-state index contributed by atoms with van der Waals surface area (Å²) >= 11 is 0. The molecule has 0 spiro atoms. The van der Waals surface area contributed by atoms with Crippen LogP contribution in [0.3, 0.4) is 0 Å². The number of rotatable bonds is 4. The van der Waals surface area contributed by atoms with Crippen LogP contribution in [0.5, 0.6) is 0 Å². The first kappa shape index (κ1) is 14.4. The smallest absolute Gasteiger partial charge is 0.244 e. The van der Waals surface area contributed by atoms with Gasteiger partial charge >= 0.3 is 0 Å². The topological polar surface area (TPSA) is 90.0 Å². The molecule has 0 fully saturated rings. The normalized spacial score (nSPS) is 11.8. The van der Waals surface area contributed by atoms with Crippen LogP contribution in [0.25, 0.3) is 0 Å². The van der Waals surface area contributed by atoms with Crippen LogP contribution < -0.4 is 10.5 Å². The number of halogens is 2. The van der Waals surface area contributed by atoms with Crippen molar-refractivity contribution < 1.29 is 17.2 Å². The Hall–Kier alpha value is -2.00. The number of nitrogens with zero attached hydrogens (tertiary/aromatic N) is 2. The molecule has 0 radical (unpaired) electrons. The van der Waals surface area contributed by atoms with Crippen molar-refractivity contribution in [2.24, 2.45) is 7.05 Å². The molecule has 0 atom stereocenters. The predicted molar refractivity (Wildman–Crippen MR) is 68.0 cm³/mol. The quantitative estimate of drug-likeness (QED) is 0.816. The van der Waals surface area contributed by atoms with E-state index in [1.54, 1.807) is 13.1 Å². The number of aromatic nitrogens is 2. The summed E-state index contributed by atoms with van der Waals surface area (Å²) < 4.78 is 54.3. The summed E-state index contributed by atoms with van der Waals surface area (Å²) in [6, 6.07) is 3.18. The van der Waals surface area contributed by atoms with Crippen molar-refractivity contribution in [3.8, 4) is 0 Å². The third kappa shape index (κ3) is 2.78. The number of anilines is 1. The molecule has 0 amide bonds. The average molecular weight is 302 g/mol. The molecule has 0 saturated carbocycles. The average Bonchev–Trinajstić information content (AvgIpc) is 2.77. The van der Waals surface area contributed by atoms with E-state index in [0.29, 0.717) is 5.69 Å². The van der Waals surface area contributed by atoms with Gasteiger partial charge in [-0.2, -0.15) is 5.10 Å². The minimum atomic E-state index is -4.21. The lowest BCUT2D eigenvalue weighted by atomic mass is 10.3. The van der Waals surface area contributed by atoms with Crippen molar-refractivity contribution in [2.75, 3.05) is 5.73 Å². The number of aryl methyl sites for hydroxylation is 1. The molecule has 2 aromatic rings. The van der Waals surface area contributed by atoms with E-state index in [-0.39, 0.29) is 12.2 Å². The summed E-state index contributed by atoms with van der Waals surface area (Å²) in [6.45, 7) is -0.102. The monoisotopic (exact) mass is 302 g/mol. The molecule has 0 aliphatic carbocycles. The summed E-state index contributed by atoms with van der Waals surface area (Å²) in [7, 11) is -2.59. The van der Waals surface area contributed by atoms with Crippen molar-refractivity contribution in [1.29, 1.82) is 0 Å². The zero-order valence-electron chi connectivity index (χ0n) is 10.5. The molecule has 0 saturated heterocycles. The fraction of sp³-hybridized carbons (Fsp3) is 0.182. The summed E-state index contributed by atoms with van der Waals surface area (Å²) in [5.41, 5.74) is 5.72. The van der Waals surface area contributed by atoms with Crippen LogP contribution in [-0.2, 0) is 23.6 Å². The van der Waals surface area contributed by atoms with Gasteiger partial charge in [0.2, 0.25) is 10.0 Å². The van der Waals surface area contributed by atoms with Gasteiger partial charge in [-0.3, -0.25) is 4.68 Å². The molecule has 6 nitrogen and oxygen atoms in total. The second-order valence-corrected chi connectivity index (χ2v) is 5.82.